The molecular formula is C44H86NO10P. The SMILES string of the molecule is CCCCCCCCCCCCCCCCCCCCCCCC(=O)OC[C@@H](COP(=O)(O)OC[C@H](N)C(=O)O)OC(=O)CCCCCCCCCCCCC. The monoisotopic (exact) mass is 820 g/mol. The number of rotatable bonds is 44. The maximum atomic E-state index is 12.6. The van der Waals surface area contributed by atoms with Gasteiger partial charge in [0.15, 0.2) is 6.10 Å². The minimum atomic E-state index is -4.71. The smallest absolute Gasteiger partial charge is 0.472 e. The van der Waals surface area contributed by atoms with Gasteiger partial charge in [0, 0.05) is 12.8 Å². The molecule has 0 rings (SSSR count). The molecule has 0 aromatic heterocycles. The molecule has 0 aliphatic carbocycles. The topological polar surface area (TPSA) is 172 Å². The molecule has 0 saturated heterocycles. The zero-order valence-corrected chi connectivity index (χ0v) is 36.9. The molecule has 11 nitrogen and oxygen atoms in total. The van der Waals surface area contributed by atoms with Gasteiger partial charge in [-0.1, -0.05) is 206 Å². The molecule has 0 bridgehead atoms. The van der Waals surface area contributed by atoms with Crippen LogP contribution in [0.5, 0.6) is 0 Å². The van der Waals surface area contributed by atoms with Crippen molar-refractivity contribution in [2.45, 2.75) is 244 Å². The summed E-state index contributed by atoms with van der Waals surface area (Å²) in [7, 11) is -4.71. The van der Waals surface area contributed by atoms with Gasteiger partial charge in [-0.2, -0.15) is 0 Å². The first-order valence-electron chi connectivity index (χ1n) is 23.1. The third-order valence-corrected chi connectivity index (χ3v) is 11.3. The van der Waals surface area contributed by atoms with E-state index in [4.69, 9.17) is 24.8 Å². The minimum Gasteiger partial charge on any atom is -0.480 e. The van der Waals surface area contributed by atoms with Crippen molar-refractivity contribution in [2.24, 2.45) is 5.73 Å². The van der Waals surface area contributed by atoms with Crippen LogP contribution in [0, 0.1) is 0 Å². The molecule has 332 valence electrons. The molecule has 0 amide bonds. The van der Waals surface area contributed by atoms with Gasteiger partial charge in [0.05, 0.1) is 13.2 Å². The molecule has 0 aliphatic heterocycles. The second-order valence-electron chi connectivity index (χ2n) is 15.9. The van der Waals surface area contributed by atoms with Crippen molar-refractivity contribution in [1.82, 2.24) is 0 Å². The number of nitrogens with two attached hydrogens (primary N) is 1. The van der Waals surface area contributed by atoms with Crippen molar-refractivity contribution in [3.05, 3.63) is 0 Å². The number of ether oxygens (including phenoxy) is 2. The lowest BCUT2D eigenvalue weighted by molar-refractivity contribution is -0.161. The highest BCUT2D eigenvalue weighted by atomic mass is 31.2. The van der Waals surface area contributed by atoms with E-state index in [1.807, 2.05) is 0 Å². The maximum absolute atomic E-state index is 12.6. The van der Waals surface area contributed by atoms with Gasteiger partial charge in [-0.3, -0.25) is 23.4 Å². The van der Waals surface area contributed by atoms with Gasteiger partial charge in [0.2, 0.25) is 0 Å². The van der Waals surface area contributed by atoms with Crippen LogP contribution in [-0.4, -0.2) is 59.9 Å². The highest BCUT2D eigenvalue weighted by Gasteiger charge is 2.28. The number of esters is 2. The Balaban J connectivity index is 4.18. The first-order chi connectivity index (χ1) is 27.1. The van der Waals surface area contributed by atoms with Crippen molar-refractivity contribution in [1.29, 1.82) is 0 Å². The quantitative estimate of drug-likeness (QED) is 0.0303. The Morgan fingerprint density at radius 2 is 0.786 bits per heavy atom. The zero-order valence-electron chi connectivity index (χ0n) is 36.0. The summed E-state index contributed by atoms with van der Waals surface area (Å²) in [6, 6.07) is -1.52. The molecule has 0 aliphatic rings. The van der Waals surface area contributed by atoms with E-state index in [2.05, 4.69) is 18.4 Å². The Labute approximate surface area is 342 Å². The Morgan fingerprint density at radius 3 is 1.12 bits per heavy atom. The number of aliphatic carboxylic acids is 1. The van der Waals surface area contributed by atoms with Crippen LogP contribution in [0.15, 0.2) is 0 Å². The van der Waals surface area contributed by atoms with Crippen molar-refractivity contribution >= 4 is 25.7 Å². The number of carboxylic acids is 1. The molecule has 0 fully saturated rings. The van der Waals surface area contributed by atoms with Crippen LogP contribution in [-0.2, 0) is 37.5 Å². The first-order valence-corrected chi connectivity index (χ1v) is 24.6. The fraction of sp³-hybridized carbons (Fsp3) is 0.932. The number of hydrogen-bond acceptors (Lipinski definition) is 9. The van der Waals surface area contributed by atoms with Gasteiger partial charge in [-0.05, 0) is 12.8 Å². The molecule has 56 heavy (non-hydrogen) atoms. The summed E-state index contributed by atoms with van der Waals surface area (Å²) in [6.07, 6.45) is 38.9. The molecule has 0 saturated carbocycles. The molecule has 4 N–H and O–H groups in total. The van der Waals surface area contributed by atoms with Gasteiger partial charge in [-0.15, -0.1) is 0 Å². The maximum Gasteiger partial charge on any atom is 0.472 e. The first kappa shape index (κ1) is 54.5. The molecule has 0 spiro atoms. The molecule has 1 unspecified atom stereocenters. The average Bonchev–Trinajstić information content (AvgIpc) is 3.17. The summed E-state index contributed by atoms with van der Waals surface area (Å²) >= 11 is 0. The summed E-state index contributed by atoms with van der Waals surface area (Å²) in [6.45, 7) is 2.83. The predicted octanol–water partition coefficient (Wildman–Crippen LogP) is 12.3. The largest absolute Gasteiger partial charge is 0.480 e. The molecule has 0 radical (unpaired) electrons. The van der Waals surface area contributed by atoms with Crippen LogP contribution in [0.2, 0.25) is 0 Å². The van der Waals surface area contributed by atoms with Crippen LogP contribution >= 0.6 is 7.82 Å². The lowest BCUT2D eigenvalue weighted by Crippen LogP contribution is -2.34. The van der Waals surface area contributed by atoms with Crippen LogP contribution in [0.4, 0.5) is 0 Å². The van der Waals surface area contributed by atoms with E-state index in [1.165, 1.54) is 154 Å². The summed E-state index contributed by atoms with van der Waals surface area (Å²) in [5, 5.41) is 8.88. The van der Waals surface area contributed by atoms with E-state index < -0.39 is 51.1 Å². The second-order valence-corrected chi connectivity index (χ2v) is 17.4. The molecule has 3 atom stereocenters. The minimum absolute atomic E-state index is 0.168. The molecule has 12 heteroatoms. The van der Waals surface area contributed by atoms with Gasteiger partial charge < -0.3 is 25.2 Å². The van der Waals surface area contributed by atoms with Gasteiger partial charge >= 0.3 is 25.7 Å². The number of carbonyl (C=O) groups excluding carboxylic acids is 2. The number of phosphoric acid groups is 1. The highest BCUT2D eigenvalue weighted by Crippen LogP contribution is 2.43. The summed E-state index contributed by atoms with van der Waals surface area (Å²) in [4.78, 5) is 45.9. The Morgan fingerprint density at radius 1 is 0.482 bits per heavy atom. The summed E-state index contributed by atoms with van der Waals surface area (Å²) in [5.41, 5.74) is 5.33. The molecule has 0 aromatic rings. The Kier molecular flexibility index (Phi) is 39.2. The third kappa shape index (κ3) is 39.3. The second kappa shape index (κ2) is 40.3. The standard InChI is InChI=1S/C44H86NO10P/c1-3-5-7-9-11-13-15-16-17-18-19-20-21-22-23-24-26-27-29-31-33-35-42(46)52-37-40(38-53-56(50,51)54-39-41(45)44(48)49)55-43(47)36-34-32-30-28-25-14-12-10-8-6-4-2/h40-41H,3-39,45H2,1-2H3,(H,48,49)(H,50,51)/t40-,41-/m0/s1. The van der Waals surface area contributed by atoms with Crippen molar-refractivity contribution in [3.63, 3.8) is 0 Å². The van der Waals surface area contributed by atoms with Crippen molar-refractivity contribution in [2.75, 3.05) is 19.8 Å². The van der Waals surface area contributed by atoms with Gasteiger partial charge in [-0.25, -0.2) is 4.57 Å². The molecular weight excluding hydrogens is 733 g/mol. The van der Waals surface area contributed by atoms with Crippen LogP contribution in [0.25, 0.3) is 0 Å². The molecule has 0 aromatic carbocycles. The van der Waals surface area contributed by atoms with Crippen LogP contribution in [0.1, 0.15) is 232 Å². The Hall–Kier alpha value is -1.52. The Bertz CT molecular complexity index is 968. The van der Waals surface area contributed by atoms with Crippen LogP contribution < -0.4 is 5.73 Å². The van der Waals surface area contributed by atoms with E-state index in [-0.39, 0.29) is 19.4 Å². The van der Waals surface area contributed by atoms with E-state index in [0.717, 1.165) is 38.5 Å². The van der Waals surface area contributed by atoms with E-state index in [0.29, 0.717) is 12.8 Å². The van der Waals surface area contributed by atoms with E-state index in [1.54, 1.807) is 0 Å². The molecule has 0 heterocycles. The van der Waals surface area contributed by atoms with Gasteiger partial charge in [0.1, 0.15) is 12.6 Å². The fourth-order valence-electron chi connectivity index (χ4n) is 6.71. The zero-order chi connectivity index (χ0) is 41.4. The lowest BCUT2D eigenvalue weighted by Gasteiger charge is -2.20. The normalized spacial score (nSPS) is 13.6. The number of hydrogen-bond donors (Lipinski definition) is 3. The summed E-state index contributed by atoms with van der Waals surface area (Å²) in [5.74, 6) is -2.36. The number of carbonyl (C=O) groups is 3. The van der Waals surface area contributed by atoms with E-state index in [9.17, 15) is 23.8 Å². The lowest BCUT2D eigenvalue weighted by atomic mass is 10.0. The average molecular weight is 820 g/mol. The van der Waals surface area contributed by atoms with Crippen molar-refractivity contribution in [3.8, 4) is 0 Å². The van der Waals surface area contributed by atoms with Crippen LogP contribution in [0.3, 0.4) is 0 Å². The number of phosphoric ester groups is 1. The number of carboxylic acid groups (broad SMARTS) is 1. The van der Waals surface area contributed by atoms with Crippen molar-refractivity contribution < 1.29 is 47.5 Å². The number of unbranched alkanes of at least 4 members (excludes halogenated alkanes) is 30. The third-order valence-electron chi connectivity index (χ3n) is 10.4. The van der Waals surface area contributed by atoms with Gasteiger partial charge in [0.25, 0.3) is 0 Å². The summed E-state index contributed by atoms with van der Waals surface area (Å²) < 4.78 is 32.7. The highest BCUT2D eigenvalue weighted by molar-refractivity contribution is 7.47. The fourth-order valence-corrected chi connectivity index (χ4v) is 7.49. The van der Waals surface area contributed by atoms with E-state index >= 15 is 0 Å². The predicted molar refractivity (Wildman–Crippen MR) is 227 cm³/mol.